The summed E-state index contributed by atoms with van der Waals surface area (Å²) >= 11 is 11.8. The van der Waals surface area contributed by atoms with E-state index in [2.05, 4.69) is 5.32 Å². The molecule has 0 radical (unpaired) electrons. The van der Waals surface area contributed by atoms with Crippen molar-refractivity contribution in [2.75, 3.05) is 11.9 Å². The summed E-state index contributed by atoms with van der Waals surface area (Å²) in [4.78, 5) is 11.9. The Balaban J connectivity index is 2.07. The molecule has 0 atom stereocenters. The van der Waals surface area contributed by atoms with Gasteiger partial charge in [0.05, 0.1) is 9.92 Å². The molecule has 128 valence electrons. The lowest BCUT2D eigenvalue weighted by molar-refractivity contribution is -0.118. The minimum absolute atomic E-state index is 0.0564. The number of rotatable bonds is 5. The number of carbonyl (C=O) groups excluding carboxylic acids is 1. The molecule has 2 aromatic carbocycles. The SMILES string of the molecule is Cc1ccc(NC(=O)COc2cccc(Cl)c2Cl)cc1S(N)(=O)=O. The molecule has 2 aromatic rings. The number of ether oxygens (including phenoxy) is 1. The summed E-state index contributed by atoms with van der Waals surface area (Å²) < 4.78 is 28.3. The number of hydrogen-bond acceptors (Lipinski definition) is 4. The van der Waals surface area contributed by atoms with Crippen LogP contribution in [0.4, 0.5) is 5.69 Å². The number of anilines is 1. The molecule has 24 heavy (non-hydrogen) atoms. The summed E-state index contributed by atoms with van der Waals surface area (Å²) in [6, 6.07) is 9.21. The predicted molar refractivity (Wildman–Crippen MR) is 93.1 cm³/mol. The first-order chi connectivity index (χ1) is 11.2. The highest BCUT2D eigenvalue weighted by Crippen LogP contribution is 2.31. The van der Waals surface area contributed by atoms with Crippen molar-refractivity contribution in [2.24, 2.45) is 5.14 Å². The topological polar surface area (TPSA) is 98.5 Å². The van der Waals surface area contributed by atoms with Gasteiger partial charge in [0.15, 0.2) is 6.61 Å². The van der Waals surface area contributed by atoms with Gasteiger partial charge in [-0.05, 0) is 36.8 Å². The van der Waals surface area contributed by atoms with E-state index in [1.54, 1.807) is 37.3 Å². The Kier molecular flexibility index (Phi) is 5.71. The van der Waals surface area contributed by atoms with E-state index in [1.165, 1.54) is 6.07 Å². The molecule has 0 saturated heterocycles. The zero-order chi connectivity index (χ0) is 17.9. The minimum Gasteiger partial charge on any atom is -0.482 e. The standard InChI is InChI=1S/C15H14Cl2N2O4S/c1-9-5-6-10(7-13(9)24(18,21)22)19-14(20)8-23-12-4-2-3-11(16)15(12)17/h2-7H,8H2,1H3,(H,19,20)(H2,18,21,22). The number of hydrogen-bond donors (Lipinski definition) is 2. The van der Waals surface area contributed by atoms with E-state index in [0.29, 0.717) is 10.6 Å². The number of primary sulfonamides is 1. The third-order valence-electron chi connectivity index (χ3n) is 3.05. The first-order valence-corrected chi connectivity index (χ1v) is 8.99. The van der Waals surface area contributed by atoms with Gasteiger partial charge in [0.2, 0.25) is 10.0 Å². The maximum Gasteiger partial charge on any atom is 0.262 e. The van der Waals surface area contributed by atoms with Crippen molar-refractivity contribution in [3.63, 3.8) is 0 Å². The highest BCUT2D eigenvalue weighted by atomic mass is 35.5. The molecular formula is C15H14Cl2N2O4S. The second-order valence-electron chi connectivity index (χ2n) is 4.91. The Morgan fingerprint density at radius 2 is 1.96 bits per heavy atom. The first kappa shape index (κ1) is 18.5. The summed E-state index contributed by atoms with van der Waals surface area (Å²) in [5.74, 6) is -0.219. The lowest BCUT2D eigenvalue weighted by Crippen LogP contribution is -2.21. The number of nitrogens with two attached hydrogens (primary N) is 1. The number of sulfonamides is 1. The molecule has 9 heteroatoms. The van der Waals surface area contributed by atoms with Crippen LogP contribution in [0, 0.1) is 6.92 Å². The Morgan fingerprint density at radius 1 is 1.25 bits per heavy atom. The van der Waals surface area contributed by atoms with Crippen molar-refractivity contribution < 1.29 is 17.9 Å². The number of halogens is 2. The van der Waals surface area contributed by atoms with Crippen LogP contribution in [0.5, 0.6) is 5.75 Å². The van der Waals surface area contributed by atoms with Crippen LogP contribution in [0.1, 0.15) is 5.56 Å². The highest BCUT2D eigenvalue weighted by molar-refractivity contribution is 7.89. The molecule has 0 aliphatic heterocycles. The van der Waals surface area contributed by atoms with Gasteiger partial charge in [-0.3, -0.25) is 4.79 Å². The molecule has 3 N–H and O–H groups in total. The Morgan fingerprint density at radius 3 is 2.62 bits per heavy atom. The third-order valence-corrected chi connectivity index (χ3v) is 4.91. The van der Waals surface area contributed by atoms with Crippen molar-refractivity contribution >= 4 is 44.8 Å². The fourth-order valence-corrected chi connectivity index (χ4v) is 3.07. The summed E-state index contributed by atoms with van der Waals surface area (Å²) in [7, 11) is -3.87. The Bertz CT molecular complexity index is 885. The molecule has 0 spiro atoms. The van der Waals surface area contributed by atoms with E-state index in [4.69, 9.17) is 33.1 Å². The Hall–Kier alpha value is -1.80. The molecule has 0 aliphatic rings. The van der Waals surface area contributed by atoms with Crippen molar-refractivity contribution in [2.45, 2.75) is 11.8 Å². The van der Waals surface area contributed by atoms with Gasteiger partial charge in [-0.1, -0.05) is 35.3 Å². The fourth-order valence-electron chi connectivity index (χ4n) is 1.92. The molecule has 1 amide bonds. The molecule has 0 aromatic heterocycles. The smallest absolute Gasteiger partial charge is 0.262 e. The van der Waals surface area contributed by atoms with Crippen molar-refractivity contribution in [3.05, 3.63) is 52.0 Å². The van der Waals surface area contributed by atoms with Gasteiger partial charge in [-0.2, -0.15) is 0 Å². The average molecular weight is 389 g/mol. The van der Waals surface area contributed by atoms with Crippen LogP contribution < -0.4 is 15.2 Å². The summed E-state index contributed by atoms with van der Waals surface area (Å²) in [5.41, 5.74) is 0.771. The lowest BCUT2D eigenvalue weighted by Gasteiger charge is -2.11. The fraction of sp³-hybridized carbons (Fsp3) is 0.133. The molecule has 0 saturated carbocycles. The van der Waals surface area contributed by atoms with E-state index in [-0.39, 0.29) is 28.0 Å². The summed E-state index contributed by atoms with van der Waals surface area (Å²) in [5, 5.41) is 8.17. The van der Waals surface area contributed by atoms with Crippen LogP contribution in [0.3, 0.4) is 0 Å². The monoisotopic (exact) mass is 388 g/mol. The van der Waals surface area contributed by atoms with Crippen LogP contribution in [0.25, 0.3) is 0 Å². The van der Waals surface area contributed by atoms with Gasteiger partial charge in [0.25, 0.3) is 5.91 Å². The molecule has 0 bridgehead atoms. The number of carbonyl (C=O) groups is 1. The molecule has 6 nitrogen and oxygen atoms in total. The summed E-state index contributed by atoms with van der Waals surface area (Å²) in [6.45, 7) is 1.29. The zero-order valence-corrected chi connectivity index (χ0v) is 14.9. The van der Waals surface area contributed by atoms with Gasteiger partial charge >= 0.3 is 0 Å². The van der Waals surface area contributed by atoms with Gasteiger partial charge in [0.1, 0.15) is 10.8 Å². The first-order valence-electron chi connectivity index (χ1n) is 6.68. The molecule has 0 unspecified atom stereocenters. The average Bonchev–Trinajstić information content (AvgIpc) is 2.49. The van der Waals surface area contributed by atoms with Crippen LogP contribution in [0.2, 0.25) is 10.0 Å². The normalized spacial score (nSPS) is 11.2. The van der Waals surface area contributed by atoms with Gasteiger partial charge < -0.3 is 10.1 Å². The van der Waals surface area contributed by atoms with Gasteiger partial charge in [-0.15, -0.1) is 0 Å². The highest BCUT2D eigenvalue weighted by Gasteiger charge is 2.14. The molecule has 2 rings (SSSR count). The van der Waals surface area contributed by atoms with E-state index < -0.39 is 15.9 Å². The van der Waals surface area contributed by atoms with Crippen LogP contribution in [-0.4, -0.2) is 20.9 Å². The van der Waals surface area contributed by atoms with E-state index in [1.807, 2.05) is 0 Å². The third kappa shape index (κ3) is 4.61. The maximum absolute atomic E-state index is 11.9. The molecule has 0 aliphatic carbocycles. The van der Waals surface area contributed by atoms with Crippen molar-refractivity contribution in [1.82, 2.24) is 0 Å². The number of nitrogens with one attached hydrogen (secondary N) is 1. The maximum atomic E-state index is 11.9. The Labute approximate surface area is 149 Å². The number of amides is 1. The second kappa shape index (κ2) is 7.40. The van der Waals surface area contributed by atoms with E-state index >= 15 is 0 Å². The number of aryl methyl sites for hydroxylation is 1. The summed E-state index contributed by atoms with van der Waals surface area (Å²) in [6.07, 6.45) is 0. The molecular weight excluding hydrogens is 375 g/mol. The van der Waals surface area contributed by atoms with Crippen molar-refractivity contribution in [3.8, 4) is 5.75 Å². The largest absolute Gasteiger partial charge is 0.482 e. The van der Waals surface area contributed by atoms with Crippen LogP contribution >= 0.6 is 23.2 Å². The molecule has 0 heterocycles. The van der Waals surface area contributed by atoms with Gasteiger partial charge in [0, 0.05) is 5.69 Å². The van der Waals surface area contributed by atoms with Crippen LogP contribution in [-0.2, 0) is 14.8 Å². The predicted octanol–water partition coefficient (Wildman–Crippen LogP) is 2.97. The minimum atomic E-state index is -3.87. The van der Waals surface area contributed by atoms with Crippen LogP contribution in [0.15, 0.2) is 41.3 Å². The van der Waals surface area contributed by atoms with E-state index in [0.717, 1.165) is 0 Å². The zero-order valence-electron chi connectivity index (χ0n) is 12.5. The van der Waals surface area contributed by atoms with E-state index in [9.17, 15) is 13.2 Å². The second-order valence-corrected chi connectivity index (χ2v) is 7.23. The lowest BCUT2D eigenvalue weighted by atomic mass is 10.2. The molecule has 0 fully saturated rings. The van der Waals surface area contributed by atoms with Gasteiger partial charge in [-0.25, -0.2) is 13.6 Å². The van der Waals surface area contributed by atoms with Crippen molar-refractivity contribution in [1.29, 1.82) is 0 Å². The quantitative estimate of drug-likeness (QED) is 0.822. The number of benzene rings is 2.